The van der Waals surface area contributed by atoms with Crippen LogP contribution in [0.3, 0.4) is 0 Å². The van der Waals surface area contributed by atoms with Gasteiger partial charge in [0.25, 0.3) is 0 Å². The number of hydrogen-bond donors (Lipinski definition) is 1. The number of methoxy groups -OCH3 is 1. The minimum absolute atomic E-state index is 0.0459. The lowest BCUT2D eigenvalue weighted by Crippen LogP contribution is -2.48. The number of carbonyl (C=O) groups is 1. The first-order valence-electron chi connectivity index (χ1n) is 11.2. The molecule has 8 heteroatoms. The summed E-state index contributed by atoms with van der Waals surface area (Å²) in [7, 11) is -0.636. The van der Waals surface area contributed by atoms with Gasteiger partial charge in [-0.3, -0.25) is 0 Å². The molecule has 184 valence electrons. The van der Waals surface area contributed by atoms with Gasteiger partial charge in [-0.25, -0.2) is 9.78 Å². The highest BCUT2D eigenvalue weighted by Gasteiger charge is 2.41. The molecule has 1 aromatic carbocycles. The van der Waals surface area contributed by atoms with E-state index < -0.39 is 26.6 Å². The molecule has 0 fully saturated rings. The first-order chi connectivity index (χ1) is 15.9. The molecule has 1 heterocycles. The Labute approximate surface area is 209 Å². The first kappa shape index (κ1) is 27.7. The molecule has 0 aliphatic rings. The lowest BCUT2D eigenvalue weighted by atomic mass is 10.0. The van der Waals surface area contributed by atoms with Crippen molar-refractivity contribution in [2.75, 3.05) is 7.11 Å². The summed E-state index contributed by atoms with van der Waals surface area (Å²) in [6.07, 6.45) is 6.55. The molecule has 0 spiro atoms. The van der Waals surface area contributed by atoms with Crippen molar-refractivity contribution in [1.82, 2.24) is 10.3 Å². The largest absolute Gasteiger partial charge is 0.497 e. The topological polar surface area (TPSA) is 69.7 Å². The van der Waals surface area contributed by atoms with E-state index in [-0.39, 0.29) is 18.1 Å². The van der Waals surface area contributed by atoms with E-state index >= 15 is 0 Å². The van der Waals surface area contributed by atoms with Crippen LogP contribution in [0.15, 0.2) is 36.5 Å². The lowest BCUT2D eigenvalue weighted by Gasteiger charge is -2.41. The first-order valence-corrected chi connectivity index (χ1v) is 14.5. The minimum Gasteiger partial charge on any atom is -0.497 e. The van der Waals surface area contributed by atoms with Gasteiger partial charge in [-0.05, 0) is 54.4 Å². The molecule has 1 aromatic heterocycles. The molecule has 2 rings (SSSR count). The molecule has 1 N–H and O–H groups in total. The van der Waals surface area contributed by atoms with Crippen LogP contribution in [-0.4, -0.2) is 32.5 Å². The van der Waals surface area contributed by atoms with Gasteiger partial charge in [0.15, 0.2) is 8.32 Å². The molecule has 0 unspecified atom stereocenters. The SMILES string of the molecule is C#CC[C@@H](NC(=O)OCc1ccc(OC)cc1)[C@H](O[Si](C)(C)C(C)(C)C)c1cnc(Cl)c(C)c1. The number of nitrogens with zero attached hydrogens (tertiary/aromatic N) is 1. The van der Waals surface area contributed by atoms with E-state index in [1.54, 1.807) is 13.3 Å². The fraction of sp³-hybridized carbons (Fsp3) is 0.462. The second-order valence-electron chi connectivity index (χ2n) is 9.76. The fourth-order valence-electron chi connectivity index (χ4n) is 3.04. The van der Waals surface area contributed by atoms with Gasteiger partial charge in [0.1, 0.15) is 17.5 Å². The van der Waals surface area contributed by atoms with Crippen molar-refractivity contribution in [2.24, 2.45) is 0 Å². The average Bonchev–Trinajstić information content (AvgIpc) is 2.77. The van der Waals surface area contributed by atoms with Crippen LogP contribution in [0.25, 0.3) is 0 Å². The number of amides is 1. The molecule has 0 aliphatic carbocycles. The van der Waals surface area contributed by atoms with Crippen molar-refractivity contribution in [2.45, 2.75) is 71.0 Å². The second-order valence-corrected chi connectivity index (χ2v) is 14.9. The summed E-state index contributed by atoms with van der Waals surface area (Å²) < 4.78 is 17.4. The zero-order valence-corrected chi connectivity index (χ0v) is 22.8. The Bertz CT molecular complexity index is 1010. The Morgan fingerprint density at radius 1 is 1.26 bits per heavy atom. The van der Waals surface area contributed by atoms with E-state index in [0.717, 1.165) is 22.4 Å². The number of halogens is 1. The monoisotopic (exact) mass is 502 g/mol. The van der Waals surface area contributed by atoms with E-state index in [2.05, 4.69) is 50.1 Å². The molecular formula is C26H35ClN2O4Si. The van der Waals surface area contributed by atoms with Crippen LogP contribution in [0, 0.1) is 19.3 Å². The molecule has 2 aromatic rings. The Hall–Kier alpha value is -2.53. The number of hydrogen-bond acceptors (Lipinski definition) is 5. The van der Waals surface area contributed by atoms with Crippen molar-refractivity contribution in [1.29, 1.82) is 0 Å². The van der Waals surface area contributed by atoms with Crippen LogP contribution in [0.1, 0.15) is 50.0 Å². The maximum Gasteiger partial charge on any atom is 0.407 e. The number of carbonyl (C=O) groups excluding carboxylic acids is 1. The standard InChI is InChI=1S/C26H35ClN2O4Si/c1-9-10-22(29-25(30)32-17-19-11-13-21(31-6)14-12-19)23(33-34(7,8)26(3,4)5)20-15-18(2)24(27)28-16-20/h1,11-16,22-23H,10,17H2,2-8H3,(H,29,30)/t22-,23-/m1/s1. The summed E-state index contributed by atoms with van der Waals surface area (Å²) in [5.41, 5.74) is 2.48. The summed E-state index contributed by atoms with van der Waals surface area (Å²) in [6, 6.07) is 8.74. The molecule has 6 nitrogen and oxygen atoms in total. The summed E-state index contributed by atoms with van der Waals surface area (Å²) in [4.78, 5) is 17.0. The smallest absolute Gasteiger partial charge is 0.407 e. The van der Waals surface area contributed by atoms with Crippen LogP contribution in [-0.2, 0) is 15.8 Å². The number of terminal acetylenes is 1. The van der Waals surface area contributed by atoms with Crippen molar-refractivity contribution in [3.63, 3.8) is 0 Å². The average molecular weight is 503 g/mol. The minimum atomic E-state index is -2.24. The highest BCUT2D eigenvalue weighted by molar-refractivity contribution is 6.74. The van der Waals surface area contributed by atoms with E-state index in [0.29, 0.717) is 5.15 Å². The number of aryl methyl sites for hydroxylation is 1. The third kappa shape index (κ3) is 7.49. The highest BCUT2D eigenvalue weighted by Crippen LogP contribution is 2.41. The number of aromatic nitrogens is 1. The van der Waals surface area contributed by atoms with Gasteiger partial charge in [-0.1, -0.05) is 44.5 Å². The summed E-state index contributed by atoms with van der Waals surface area (Å²) in [6.45, 7) is 12.8. The quantitative estimate of drug-likeness (QED) is 0.243. The molecule has 1 amide bonds. The Morgan fingerprint density at radius 2 is 1.91 bits per heavy atom. The Balaban J connectivity index is 2.26. The third-order valence-electron chi connectivity index (χ3n) is 6.13. The molecule has 0 saturated carbocycles. The molecule has 0 saturated heterocycles. The van der Waals surface area contributed by atoms with Crippen LogP contribution in [0.4, 0.5) is 4.79 Å². The number of benzene rings is 1. The van der Waals surface area contributed by atoms with Crippen molar-refractivity contribution in [3.8, 4) is 18.1 Å². The molecular weight excluding hydrogens is 468 g/mol. The van der Waals surface area contributed by atoms with E-state index in [4.69, 9.17) is 31.9 Å². The zero-order valence-electron chi connectivity index (χ0n) is 21.1. The van der Waals surface area contributed by atoms with Gasteiger partial charge in [0, 0.05) is 18.2 Å². The molecule has 34 heavy (non-hydrogen) atoms. The number of ether oxygens (including phenoxy) is 2. The van der Waals surface area contributed by atoms with E-state index in [9.17, 15) is 4.79 Å². The maximum absolute atomic E-state index is 12.7. The van der Waals surface area contributed by atoms with Crippen molar-refractivity contribution < 1.29 is 18.7 Å². The zero-order chi connectivity index (χ0) is 25.5. The molecule has 0 radical (unpaired) electrons. The van der Waals surface area contributed by atoms with Gasteiger partial charge in [-0.15, -0.1) is 12.3 Å². The third-order valence-corrected chi connectivity index (χ3v) is 11.0. The number of alkyl carbamates (subject to hydrolysis) is 1. The van der Waals surface area contributed by atoms with Gasteiger partial charge in [-0.2, -0.15) is 0 Å². The molecule has 2 atom stereocenters. The van der Waals surface area contributed by atoms with Crippen LogP contribution in [0.2, 0.25) is 23.3 Å². The summed E-state index contributed by atoms with van der Waals surface area (Å²) in [5.74, 6) is 3.40. The van der Waals surface area contributed by atoms with Crippen LogP contribution < -0.4 is 10.1 Å². The lowest BCUT2D eigenvalue weighted by molar-refractivity contribution is 0.107. The number of nitrogens with one attached hydrogen (secondary N) is 1. The Morgan fingerprint density at radius 3 is 2.44 bits per heavy atom. The number of pyridine rings is 1. The fourth-order valence-corrected chi connectivity index (χ4v) is 4.43. The summed E-state index contributed by atoms with van der Waals surface area (Å²) >= 11 is 6.16. The molecule has 0 aliphatic heterocycles. The van der Waals surface area contributed by atoms with Gasteiger partial charge in [0.2, 0.25) is 0 Å². The van der Waals surface area contributed by atoms with Gasteiger partial charge < -0.3 is 19.2 Å². The van der Waals surface area contributed by atoms with E-state index in [1.807, 2.05) is 37.3 Å². The van der Waals surface area contributed by atoms with Crippen LogP contribution >= 0.6 is 11.6 Å². The van der Waals surface area contributed by atoms with Gasteiger partial charge >= 0.3 is 6.09 Å². The van der Waals surface area contributed by atoms with Crippen molar-refractivity contribution >= 4 is 26.0 Å². The second kappa shape index (κ2) is 11.7. The van der Waals surface area contributed by atoms with Crippen LogP contribution in [0.5, 0.6) is 5.75 Å². The highest BCUT2D eigenvalue weighted by atomic mass is 35.5. The predicted molar refractivity (Wildman–Crippen MR) is 139 cm³/mol. The normalized spacial score (nSPS) is 13.5. The Kier molecular flexibility index (Phi) is 9.57. The predicted octanol–water partition coefficient (Wildman–Crippen LogP) is 6.43. The summed E-state index contributed by atoms with van der Waals surface area (Å²) in [5, 5.41) is 3.31. The van der Waals surface area contributed by atoms with Gasteiger partial charge in [0.05, 0.1) is 19.3 Å². The van der Waals surface area contributed by atoms with Crippen molar-refractivity contribution in [3.05, 3.63) is 58.4 Å². The molecule has 0 bridgehead atoms. The van der Waals surface area contributed by atoms with E-state index in [1.165, 1.54) is 0 Å². The maximum atomic E-state index is 12.7. The number of rotatable bonds is 9.